The number of benzene rings is 2. The number of hydrogen-bond donors (Lipinski definition) is 4. The van der Waals surface area contributed by atoms with Gasteiger partial charge in [0.05, 0.1) is 23.5 Å². The van der Waals surface area contributed by atoms with Gasteiger partial charge < -0.3 is 31.3 Å². The maximum absolute atomic E-state index is 12.6. The van der Waals surface area contributed by atoms with Gasteiger partial charge in [0.1, 0.15) is 0 Å². The third-order valence-electron chi connectivity index (χ3n) is 5.40. The van der Waals surface area contributed by atoms with Gasteiger partial charge in [0, 0.05) is 17.8 Å². The lowest BCUT2D eigenvalue weighted by atomic mass is 10.0. The fourth-order valence-corrected chi connectivity index (χ4v) is 3.86. The molecule has 160 valence electrons. The van der Waals surface area contributed by atoms with Crippen LogP contribution >= 0.6 is 0 Å². The first-order valence-electron chi connectivity index (χ1n) is 10.0. The number of nitrogens with two attached hydrogens (primary N) is 1. The van der Waals surface area contributed by atoms with E-state index in [2.05, 4.69) is 20.4 Å². The Balaban J connectivity index is 1.72. The molecular formula is C22H29N5O3. The molecule has 30 heavy (non-hydrogen) atoms. The van der Waals surface area contributed by atoms with Crippen LogP contribution in [0, 0.1) is 0 Å². The number of nitrogens with one attached hydrogen (secondary N) is 2. The van der Waals surface area contributed by atoms with Crippen molar-refractivity contribution in [2.75, 3.05) is 43.1 Å². The molecule has 2 amide bonds. The monoisotopic (exact) mass is 411 g/mol. The Kier molecular flexibility index (Phi) is 6.79. The van der Waals surface area contributed by atoms with Gasteiger partial charge in [0.2, 0.25) is 0 Å². The van der Waals surface area contributed by atoms with E-state index in [9.17, 15) is 14.7 Å². The van der Waals surface area contributed by atoms with Gasteiger partial charge in [0.15, 0.2) is 0 Å². The van der Waals surface area contributed by atoms with E-state index in [0.29, 0.717) is 16.9 Å². The van der Waals surface area contributed by atoms with Crippen molar-refractivity contribution in [1.29, 1.82) is 0 Å². The van der Waals surface area contributed by atoms with Crippen molar-refractivity contribution in [2.24, 2.45) is 0 Å². The largest absolute Gasteiger partial charge is 0.465 e. The zero-order valence-corrected chi connectivity index (χ0v) is 17.3. The van der Waals surface area contributed by atoms with Crippen LogP contribution < -0.4 is 21.3 Å². The fraction of sp³-hybridized carbons (Fsp3) is 0.364. The summed E-state index contributed by atoms with van der Waals surface area (Å²) in [6.45, 7) is 1.62. The molecule has 8 nitrogen and oxygen atoms in total. The summed E-state index contributed by atoms with van der Waals surface area (Å²) in [4.78, 5) is 28.1. The van der Waals surface area contributed by atoms with E-state index in [4.69, 9.17) is 5.73 Å². The molecule has 1 heterocycles. The second-order valence-electron chi connectivity index (χ2n) is 7.79. The summed E-state index contributed by atoms with van der Waals surface area (Å²) in [5, 5.41) is 14.7. The molecule has 1 saturated heterocycles. The first kappa shape index (κ1) is 21.4. The summed E-state index contributed by atoms with van der Waals surface area (Å²) in [5.41, 5.74) is 8.50. The first-order chi connectivity index (χ1) is 14.3. The number of carbonyl (C=O) groups excluding carboxylic acids is 1. The third kappa shape index (κ3) is 5.21. The zero-order chi connectivity index (χ0) is 21.7. The van der Waals surface area contributed by atoms with Crippen LogP contribution in [-0.4, -0.2) is 61.3 Å². The van der Waals surface area contributed by atoms with Gasteiger partial charge in [-0.2, -0.15) is 0 Å². The molecule has 0 bridgehead atoms. The minimum Gasteiger partial charge on any atom is -0.465 e. The topological polar surface area (TPSA) is 111 Å². The van der Waals surface area contributed by atoms with Crippen molar-refractivity contribution in [3.8, 4) is 0 Å². The van der Waals surface area contributed by atoms with Crippen molar-refractivity contribution < 1.29 is 14.7 Å². The Morgan fingerprint density at radius 2 is 1.87 bits per heavy atom. The highest BCUT2D eigenvalue weighted by atomic mass is 16.4. The van der Waals surface area contributed by atoms with E-state index in [1.165, 1.54) is 0 Å². The summed E-state index contributed by atoms with van der Waals surface area (Å²) in [6, 6.07) is 14.5. The van der Waals surface area contributed by atoms with Crippen molar-refractivity contribution >= 4 is 29.1 Å². The van der Waals surface area contributed by atoms with E-state index in [1.54, 1.807) is 24.3 Å². The van der Waals surface area contributed by atoms with Crippen LogP contribution in [0.5, 0.6) is 0 Å². The normalized spacial score (nSPS) is 18.4. The molecule has 8 heteroatoms. The molecule has 2 aromatic rings. The molecule has 1 unspecified atom stereocenters. The summed E-state index contributed by atoms with van der Waals surface area (Å²) in [5.74, 6) is -0.226. The molecule has 2 atom stereocenters. The van der Waals surface area contributed by atoms with Crippen LogP contribution in [0.2, 0.25) is 0 Å². The minimum absolute atomic E-state index is 0.0623. The molecule has 3 rings (SSSR count). The second kappa shape index (κ2) is 9.49. The van der Waals surface area contributed by atoms with Crippen LogP contribution in [0.25, 0.3) is 0 Å². The van der Waals surface area contributed by atoms with Gasteiger partial charge >= 0.3 is 6.09 Å². The van der Waals surface area contributed by atoms with E-state index < -0.39 is 6.09 Å². The predicted octanol–water partition coefficient (Wildman–Crippen LogP) is 2.69. The third-order valence-corrected chi connectivity index (χ3v) is 5.40. The quantitative estimate of drug-likeness (QED) is 0.522. The lowest BCUT2D eigenvalue weighted by Gasteiger charge is -2.31. The lowest BCUT2D eigenvalue weighted by molar-refractivity contribution is 0.102. The Bertz CT molecular complexity index is 885. The Morgan fingerprint density at radius 1 is 1.17 bits per heavy atom. The molecule has 2 aromatic carbocycles. The standard InChI is InChI=1S/C22H29N5O3/c1-26(2)13-12-20-19(25-22(29)30)11-14-27(20)16-9-7-15(8-10-16)21(28)24-18-6-4-3-5-17(18)23/h3-10,19-20,25H,11-14,23H2,1-2H3,(H,24,28)(H,29,30)/t19-,20?/m0/s1. The van der Waals surface area contributed by atoms with E-state index in [1.807, 2.05) is 38.4 Å². The fourth-order valence-electron chi connectivity index (χ4n) is 3.86. The smallest absolute Gasteiger partial charge is 0.404 e. The van der Waals surface area contributed by atoms with E-state index in [-0.39, 0.29) is 18.0 Å². The second-order valence-corrected chi connectivity index (χ2v) is 7.79. The number of carboxylic acid groups (broad SMARTS) is 1. The molecule has 1 aliphatic rings. The number of amides is 2. The summed E-state index contributed by atoms with van der Waals surface area (Å²) < 4.78 is 0. The Hall–Kier alpha value is -3.26. The molecule has 0 radical (unpaired) electrons. The van der Waals surface area contributed by atoms with Crippen LogP contribution in [0.15, 0.2) is 48.5 Å². The van der Waals surface area contributed by atoms with Crippen molar-refractivity contribution in [1.82, 2.24) is 10.2 Å². The van der Waals surface area contributed by atoms with Crippen molar-refractivity contribution in [2.45, 2.75) is 24.9 Å². The average Bonchev–Trinajstić information content (AvgIpc) is 3.10. The van der Waals surface area contributed by atoms with Gasteiger partial charge in [-0.05, 0) is 69.9 Å². The molecule has 1 fully saturated rings. The molecule has 0 aromatic heterocycles. The number of anilines is 3. The molecule has 0 saturated carbocycles. The number of para-hydroxylation sites is 2. The Labute approximate surface area is 176 Å². The van der Waals surface area contributed by atoms with E-state index in [0.717, 1.165) is 31.6 Å². The minimum atomic E-state index is -0.996. The summed E-state index contributed by atoms with van der Waals surface area (Å²) in [6.07, 6.45) is 0.594. The SMILES string of the molecule is CN(C)CCC1[C@@H](NC(=O)O)CCN1c1ccc(C(=O)Nc2ccccc2N)cc1. The molecule has 1 aliphatic heterocycles. The maximum atomic E-state index is 12.6. The number of rotatable bonds is 7. The number of nitrogens with zero attached hydrogens (tertiary/aromatic N) is 2. The molecule has 0 aliphatic carbocycles. The average molecular weight is 412 g/mol. The molecule has 0 spiro atoms. The van der Waals surface area contributed by atoms with Crippen LogP contribution in [0.3, 0.4) is 0 Å². The van der Waals surface area contributed by atoms with Gasteiger partial charge in [-0.15, -0.1) is 0 Å². The highest BCUT2D eigenvalue weighted by molar-refractivity contribution is 6.05. The number of hydrogen-bond acceptors (Lipinski definition) is 5. The first-order valence-corrected chi connectivity index (χ1v) is 10.0. The molecule has 5 N–H and O–H groups in total. The predicted molar refractivity (Wildman–Crippen MR) is 119 cm³/mol. The number of carbonyl (C=O) groups is 2. The van der Waals surface area contributed by atoms with Crippen molar-refractivity contribution in [3.63, 3.8) is 0 Å². The Morgan fingerprint density at radius 3 is 2.50 bits per heavy atom. The highest BCUT2D eigenvalue weighted by Gasteiger charge is 2.35. The van der Waals surface area contributed by atoms with E-state index >= 15 is 0 Å². The maximum Gasteiger partial charge on any atom is 0.404 e. The van der Waals surface area contributed by atoms with Crippen molar-refractivity contribution in [3.05, 3.63) is 54.1 Å². The summed E-state index contributed by atoms with van der Waals surface area (Å²) in [7, 11) is 4.01. The summed E-state index contributed by atoms with van der Waals surface area (Å²) >= 11 is 0. The zero-order valence-electron chi connectivity index (χ0n) is 17.3. The lowest BCUT2D eigenvalue weighted by Crippen LogP contribution is -2.45. The van der Waals surface area contributed by atoms with Gasteiger partial charge in [-0.1, -0.05) is 12.1 Å². The highest BCUT2D eigenvalue weighted by Crippen LogP contribution is 2.28. The van der Waals surface area contributed by atoms with Gasteiger partial charge in [0.25, 0.3) is 5.91 Å². The van der Waals surface area contributed by atoms with Crippen LogP contribution in [-0.2, 0) is 0 Å². The van der Waals surface area contributed by atoms with Gasteiger partial charge in [-0.25, -0.2) is 4.79 Å². The number of nitrogen functional groups attached to an aromatic ring is 1. The molecular weight excluding hydrogens is 382 g/mol. The van der Waals surface area contributed by atoms with Crippen LogP contribution in [0.1, 0.15) is 23.2 Å². The van der Waals surface area contributed by atoms with Gasteiger partial charge in [-0.3, -0.25) is 4.79 Å². The van der Waals surface area contributed by atoms with Crippen LogP contribution in [0.4, 0.5) is 21.9 Å².